The first kappa shape index (κ1) is 28.4. The van der Waals surface area contributed by atoms with Gasteiger partial charge in [-0.05, 0) is 38.8 Å². The van der Waals surface area contributed by atoms with Crippen LogP contribution < -0.4 is 10.6 Å². The van der Waals surface area contributed by atoms with Crippen molar-refractivity contribution in [1.82, 2.24) is 14.7 Å². The highest BCUT2D eigenvalue weighted by molar-refractivity contribution is 6.82. The van der Waals surface area contributed by atoms with Crippen LogP contribution in [0, 0.1) is 5.82 Å². The number of benzene rings is 1. The van der Waals surface area contributed by atoms with Crippen molar-refractivity contribution in [1.29, 1.82) is 0 Å². The van der Waals surface area contributed by atoms with Crippen molar-refractivity contribution in [3.05, 3.63) is 40.8 Å². The van der Waals surface area contributed by atoms with Gasteiger partial charge in [0.2, 0.25) is 5.91 Å². The maximum atomic E-state index is 14.6. The molecule has 2 N–H and O–H groups in total. The molecule has 0 fully saturated rings. The van der Waals surface area contributed by atoms with E-state index in [4.69, 9.17) is 4.74 Å². The molecule has 0 atom stereocenters. The molecule has 11 heteroatoms. The van der Waals surface area contributed by atoms with Crippen molar-refractivity contribution >= 4 is 37.6 Å². The molecule has 2 heterocycles. The van der Waals surface area contributed by atoms with E-state index in [1.54, 1.807) is 32.9 Å². The number of amides is 3. The molecule has 1 aromatic carbocycles. The lowest BCUT2D eigenvalue weighted by atomic mass is 10.0. The number of hydrogen-bond donors (Lipinski definition) is 2. The SMILES string of the molecule is CCOC(=O)n1nc2c(c1NC(=O)C(C)(C)[Si](C)(C)C)CN(C(=O)Nc1c(F)cccc1CC)C2(C)C. The van der Waals surface area contributed by atoms with E-state index in [0.717, 1.165) is 4.68 Å². The van der Waals surface area contributed by atoms with Crippen LogP contribution in [-0.4, -0.2) is 47.4 Å². The fourth-order valence-corrected chi connectivity index (χ4v) is 4.87. The molecular weight excluding hydrogens is 493 g/mol. The molecule has 0 radical (unpaired) electrons. The largest absolute Gasteiger partial charge is 0.448 e. The Labute approximate surface area is 218 Å². The van der Waals surface area contributed by atoms with Gasteiger partial charge in [-0.2, -0.15) is 5.10 Å². The van der Waals surface area contributed by atoms with E-state index in [1.165, 1.54) is 11.0 Å². The predicted octanol–water partition coefficient (Wildman–Crippen LogP) is 5.93. The zero-order valence-electron chi connectivity index (χ0n) is 23.2. The second-order valence-corrected chi connectivity index (χ2v) is 17.1. The van der Waals surface area contributed by atoms with Crippen molar-refractivity contribution in [2.24, 2.45) is 0 Å². The highest BCUT2D eigenvalue weighted by Crippen LogP contribution is 2.44. The number of aryl methyl sites for hydroxylation is 1. The number of ether oxygens (including phenoxy) is 1. The first-order chi connectivity index (χ1) is 17.1. The number of anilines is 2. The normalized spacial score (nSPS) is 14.8. The summed E-state index contributed by atoms with van der Waals surface area (Å²) in [6.45, 7) is 17.4. The summed E-state index contributed by atoms with van der Waals surface area (Å²) < 4.78 is 20.8. The standard InChI is InChI=1S/C26H38FN5O4Si/c1-10-16-13-12-14-18(27)19(16)28-23(34)31-15-17-20(25(31,3)4)30-32(24(35)36-11-2)21(17)29-22(33)26(5,6)37(7,8)9/h12-14H,10-11,15H2,1-9H3,(H,28,34)(H,29,33). The van der Waals surface area contributed by atoms with Gasteiger partial charge in [-0.25, -0.2) is 14.0 Å². The van der Waals surface area contributed by atoms with Gasteiger partial charge in [0.05, 0.1) is 38.1 Å². The number of halogens is 1. The van der Waals surface area contributed by atoms with Gasteiger partial charge in [-0.15, -0.1) is 4.68 Å². The van der Waals surface area contributed by atoms with Crippen molar-refractivity contribution in [3.63, 3.8) is 0 Å². The van der Waals surface area contributed by atoms with Crippen molar-refractivity contribution in [3.8, 4) is 0 Å². The van der Waals surface area contributed by atoms with Gasteiger partial charge in [-0.1, -0.05) is 52.5 Å². The van der Waals surface area contributed by atoms with E-state index in [0.29, 0.717) is 23.2 Å². The summed E-state index contributed by atoms with van der Waals surface area (Å²) >= 11 is 0. The molecule has 2 aromatic rings. The van der Waals surface area contributed by atoms with Crippen LogP contribution >= 0.6 is 0 Å². The van der Waals surface area contributed by atoms with E-state index in [9.17, 15) is 18.8 Å². The molecular formula is C26H38FN5O4Si. The second-order valence-electron chi connectivity index (χ2n) is 11.3. The lowest BCUT2D eigenvalue weighted by Gasteiger charge is -2.35. The zero-order chi connectivity index (χ0) is 27.9. The maximum absolute atomic E-state index is 14.6. The van der Waals surface area contributed by atoms with Crippen LogP contribution in [-0.2, 0) is 28.0 Å². The number of fused-ring (bicyclic) bond motifs is 1. The van der Waals surface area contributed by atoms with Crippen LogP contribution in [0.3, 0.4) is 0 Å². The Morgan fingerprint density at radius 3 is 2.38 bits per heavy atom. The molecule has 0 spiro atoms. The number of carbonyl (C=O) groups excluding carboxylic acids is 3. The van der Waals surface area contributed by atoms with Crippen molar-refractivity contribution < 1.29 is 23.5 Å². The van der Waals surface area contributed by atoms with E-state index < -0.39 is 36.6 Å². The number of para-hydroxylation sites is 1. The van der Waals surface area contributed by atoms with Gasteiger partial charge in [0, 0.05) is 10.6 Å². The van der Waals surface area contributed by atoms with Gasteiger partial charge in [0.25, 0.3) is 0 Å². The summed E-state index contributed by atoms with van der Waals surface area (Å²) in [6.07, 6.45) is -0.171. The molecule has 0 saturated carbocycles. The minimum atomic E-state index is -1.95. The van der Waals surface area contributed by atoms with Crippen molar-refractivity contribution in [2.45, 2.75) is 84.7 Å². The van der Waals surface area contributed by atoms with E-state index in [-0.39, 0.29) is 30.6 Å². The van der Waals surface area contributed by atoms with Crippen LogP contribution in [0.4, 0.5) is 25.5 Å². The molecule has 202 valence electrons. The molecule has 0 unspecified atom stereocenters. The molecule has 9 nitrogen and oxygen atoms in total. The topological polar surface area (TPSA) is 106 Å². The molecule has 1 aliphatic heterocycles. The summed E-state index contributed by atoms with van der Waals surface area (Å²) in [7, 11) is -1.95. The van der Waals surface area contributed by atoms with Crippen LogP contribution in [0.1, 0.15) is 58.4 Å². The monoisotopic (exact) mass is 531 g/mol. The molecule has 1 aromatic heterocycles. The van der Waals surface area contributed by atoms with Gasteiger partial charge in [-0.3, -0.25) is 4.79 Å². The Kier molecular flexibility index (Phi) is 7.60. The van der Waals surface area contributed by atoms with E-state index >= 15 is 0 Å². The Balaban J connectivity index is 2.02. The smallest absolute Gasteiger partial charge is 0.436 e. The summed E-state index contributed by atoms with van der Waals surface area (Å²) in [5.41, 5.74) is 0.857. The van der Waals surface area contributed by atoms with E-state index in [2.05, 4.69) is 35.4 Å². The van der Waals surface area contributed by atoms with Crippen LogP contribution in [0.15, 0.2) is 18.2 Å². The summed E-state index contributed by atoms with van der Waals surface area (Å²) in [5.74, 6) is -0.565. The summed E-state index contributed by atoms with van der Waals surface area (Å²) in [6, 6.07) is 4.16. The molecule has 0 bridgehead atoms. The number of aromatic nitrogens is 2. The average Bonchev–Trinajstić information content (AvgIpc) is 3.28. The number of rotatable bonds is 6. The Morgan fingerprint density at radius 1 is 1.16 bits per heavy atom. The first-order valence-electron chi connectivity index (χ1n) is 12.5. The van der Waals surface area contributed by atoms with Crippen molar-refractivity contribution in [2.75, 3.05) is 17.2 Å². The Bertz CT molecular complexity index is 1230. The predicted molar refractivity (Wildman–Crippen MR) is 144 cm³/mol. The third-order valence-corrected chi connectivity index (χ3v) is 11.6. The fraction of sp³-hybridized carbons (Fsp3) is 0.538. The molecule has 3 rings (SSSR count). The summed E-state index contributed by atoms with van der Waals surface area (Å²) in [4.78, 5) is 41.1. The molecule has 0 saturated heterocycles. The lowest BCUT2D eigenvalue weighted by Crippen LogP contribution is -2.45. The highest BCUT2D eigenvalue weighted by atomic mass is 28.3. The number of hydrogen-bond acceptors (Lipinski definition) is 5. The molecule has 1 aliphatic rings. The molecule has 37 heavy (non-hydrogen) atoms. The lowest BCUT2D eigenvalue weighted by molar-refractivity contribution is -0.118. The van der Waals surface area contributed by atoms with Crippen LogP contribution in [0.5, 0.6) is 0 Å². The third-order valence-electron chi connectivity index (χ3n) is 7.63. The third kappa shape index (κ3) is 5.01. The van der Waals surface area contributed by atoms with Gasteiger partial charge >= 0.3 is 12.1 Å². The highest BCUT2D eigenvalue weighted by Gasteiger charge is 2.48. The van der Waals surface area contributed by atoms with E-state index in [1.807, 2.05) is 20.8 Å². The van der Waals surface area contributed by atoms with Crippen LogP contribution in [0.25, 0.3) is 0 Å². The maximum Gasteiger partial charge on any atom is 0.436 e. The van der Waals surface area contributed by atoms with Crippen LogP contribution in [0.2, 0.25) is 24.7 Å². The molecule has 3 amide bonds. The zero-order valence-corrected chi connectivity index (χ0v) is 24.2. The summed E-state index contributed by atoms with van der Waals surface area (Å²) in [5, 5.41) is 9.48. The quantitative estimate of drug-likeness (QED) is 0.450. The number of nitrogens with one attached hydrogen (secondary N) is 2. The number of carbonyl (C=O) groups is 3. The number of urea groups is 1. The fourth-order valence-electron chi connectivity index (χ4n) is 4.13. The minimum absolute atomic E-state index is 0.0620. The molecule has 0 aliphatic carbocycles. The average molecular weight is 532 g/mol. The Hall–Kier alpha value is -3.21. The minimum Gasteiger partial charge on any atom is -0.448 e. The first-order valence-corrected chi connectivity index (χ1v) is 16.0. The number of nitrogens with zero attached hydrogens (tertiary/aromatic N) is 3. The van der Waals surface area contributed by atoms with Gasteiger partial charge in [0.1, 0.15) is 11.6 Å². The van der Waals surface area contributed by atoms with Gasteiger partial charge in [0.15, 0.2) is 0 Å². The Morgan fingerprint density at radius 2 is 1.81 bits per heavy atom. The van der Waals surface area contributed by atoms with Gasteiger partial charge < -0.3 is 20.3 Å². The second kappa shape index (κ2) is 9.92.